The second-order valence-electron chi connectivity index (χ2n) is 7.42. The Morgan fingerprint density at radius 1 is 1.04 bits per heavy atom. The molecule has 4 rings (SSSR count). The first-order valence-electron chi connectivity index (χ1n) is 8.59. The summed E-state index contributed by atoms with van der Waals surface area (Å²) in [5.41, 5.74) is 3.00. The Hall–Kier alpha value is -2.50. The highest BCUT2D eigenvalue weighted by Crippen LogP contribution is 2.25. The van der Waals surface area contributed by atoms with Crippen LogP contribution >= 0.6 is 22.9 Å². The van der Waals surface area contributed by atoms with Gasteiger partial charge in [0.1, 0.15) is 0 Å². The number of hydrogen-bond acceptors (Lipinski definition) is 4. The summed E-state index contributed by atoms with van der Waals surface area (Å²) in [4.78, 5) is 17.8. The van der Waals surface area contributed by atoms with E-state index in [9.17, 15) is 4.79 Å². The highest BCUT2D eigenvalue weighted by molar-refractivity contribution is 7.15. The van der Waals surface area contributed by atoms with E-state index in [2.05, 4.69) is 43.0 Å². The van der Waals surface area contributed by atoms with Crippen LogP contribution in [-0.4, -0.2) is 14.6 Å². The molecule has 0 atom stereocenters. The molecule has 0 aliphatic rings. The molecule has 0 aliphatic heterocycles. The van der Waals surface area contributed by atoms with Crippen molar-refractivity contribution < 1.29 is 0 Å². The summed E-state index contributed by atoms with van der Waals surface area (Å²) in [6.45, 7) is 6.53. The quantitative estimate of drug-likeness (QED) is 0.508. The van der Waals surface area contributed by atoms with E-state index in [-0.39, 0.29) is 11.0 Å². The van der Waals surface area contributed by atoms with Crippen molar-refractivity contribution in [1.29, 1.82) is 0 Å². The molecule has 0 N–H and O–H groups in total. The average molecular weight is 396 g/mol. The maximum Gasteiger partial charge on any atom is 0.291 e. The molecule has 2 aromatic heterocycles. The molecule has 2 heterocycles. The SMILES string of the molecule is CC(C)(C)c1ccc(-c2nc3s/c(=C\c4ccc(Cl)cc4)c(=O)n3n2)cc1. The molecule has 4 nitrogen and oxygen atoms in total. The first-order chi connectivity index (χ1) is 12.8. The van der Waals surface area contributed by atoms with E-state index in [1.54, 1.807) is 12.1 Å². The summed E-state index contributed by atoms with van der Waals surface area (Å²) in [5, 5.41) is 5.08. The van der Waals surface area contributed by atoms with Gasteiger partial charge in [0, 0.05) is 10.6 Å². The van der Waals surface area contributed by atoms with Gasteiger partial charge in [-0.1, -0.05) is 80.1 Å². The zero-order chi connectivity index (χ0) is 19.2. The Kier molecular flexibility index (Phi) is 4.36. The van der Waals surface area contributed by atoms with E-state index in [0.29, 0.717) is 20.3 Å². The summed E-state index contributed by atoms with van der Waals surface area (Å²) in [6, 6.07) is 15.5. The summed E-state index contributed by atoms with van der Waals surface area (Å²) in [7, 11) is 0. The lowest BCUT2D eigenvalue weighted by Gasteiger charge is -2.18. The normalized spacial score (nSPS) is 12.8. The molecule has 6 heteroatoms. The largest absolute Gasteiger partial charge is 0.291 e. The molecular weight excluding hydrogens is 378 g/mol. The van der Waals surface area contributed by atoms with Gasteiger partial charge in [0.25, 0.3) is 5.56 Å². The molecule has 136 valence electrons. The van der Waals surface area contributed by atoms with E-state index in [0.717, 1.165) is 11.1 Å². The number of aromatic nitrogens is 3. The van der Waals surface area contributed by atoms with Gasteiger partial charge in [-0.25, -0.2) is 0 Å². The maximum atomic E-state index is 12.6. The minimum Gasteiger partial charge on any atom is -0.266 e. The number of rotatable bonds is 2. The number of fused-ring (bicyclic) bond motifs is 1. The summed E-state index contributed by atoms with van der Waals surface area (Å²) < 4.78 is 1.97. The number of benzene rings is 2. The summed E-state index contributed by atoms with van der Waals surface area (Å²) in [6.07, 6.45) is 1.83. The van der Waals surface area contributed by atoms with E-state index in [1.807, 2.05) is 30.3 Å². The van der Waals surface area contributed by atoms with Crippen molar-refractivity contribution in [1.82, 2.24) is 14.6 Å². The Morgan fingerprint density at radius 2 is 1.70 bits per heavy atom. The van der Waals surface area contributed by atoms with Gasteiger partial charge in [-0.3, -0.25) is 4.79 Å². The first-order valence-corrected chi connectivity index (χ1v) is 9.78. The average Bonchev–Trinajstić information content (AvgIpc) is 3.16. The number of thiazole rings is 1. The Bertz CT molecular complexity index is 1220. The third-order valence-corrected chi connectivity index (χ3v) is 5.57. The van der Waals surface area contributed by atoms with Crippen molar-refractivity contribution >= 4 is 34.0 Å². The second kappa shape index (κ2) is 6.59. The van der Waals surface area contributed by atoms with E-state index >= 15 is 0 Å². The fourth-order valence-corrected chi connectivity index (χ4v) is 3.82. The van der Waals surface area contributed by atoms with Crippen LogP contribution in [0.3, 0.4) is 0 Å². The molecule has 0 radical (unpaired) electrons. The molecule has 4 aromatic rings. The molecule has 0 bridgehead atoms. The molecule has 0 fully saturated rings. The Morgan fingerprint density at radius 3 is 2.30 bits per heavy atom. The van der Waals surface area contributed by atoms with Crippen LogP contribution in [0, 0.1) is 0 Å². The van der Waals surface area contributed by atoms with Crippen molar-refractivity contribution in [3.05, 3.63) is 79.6 Å². The first kappa shape index (κ1) is 17.9. The highest BCUT2D eigenvalue weighted by atomic mass is 35.5. The minimum absolute atomic E-state index is 0.0924. The molecule has 2 aromatic carbocycles. The van der Waals surface area contributed by atoms with Crippen LogP contribution in [-0.2, 0) is 5.41 Å². The van der Waals surface area contributed by atoms with Gasteiger partial charge in [0.05, 0.1) is 4.53 Å². The van der Waals surface area contributed by atoms with Crippen molar-refractivity contribution in [2.24, 2.45) is 0 Å². The van der Waals surface area contributed by atoms with Gasteiger partial charge in [-0.2, -0.15) is 9.50 Å². The zero-order valence-corrected chi connectivity index (χ0v) is 16.8. The van der Waals surface area contributed by atoms with Crippen LogP contribution in [0.5, 0.6) is 0 Å². The van der Waals surface area contributed by atoms with Crippen LogP contribution in [0.4, 0.5) is 0 Å². The number of halogens is 1. The van der Waals surface area contributed by atoms with Crippen LogP contribution in [0.25, 0.3) is 22.4 Å². The predicted octanol–water partition coefficient (Wildman–Crippen LogP) is 4.32. The van der Waals surface area contributed by atoms with Gasteiger partial charge < -0.3 is 0 Å². The van der Waals surface area contributed by atoms with Gasteiger partial charge in [0.2, 0.25) is 4.96 Å². The minimum atomic E-state index is -0.157. The molecule has 0 saturated heterocycles. The van der Waals surface area contributed by atoms with Crippen LogP contribution in [0.15, 0.2) is 53.3 Å². The molecule has 0 amide bonds. The van der Waals surface area contributed by atoms with Crippen molar-refractivity contribution in [2.45, 2.75) is 26.2 Å². The third kappa shape index (κ3) is 3.53. The second-order valence-corrected chi connectivity index (χ2v) is 8.87. The Balaban J connectivity index is 1.72. The molecule has 0 unspecified atom stereocenters. The van der Waals surface area contributed by atoms with Crippen LogP contribution in [0.1, 0.15) is 31.9 Å². The topological polar surface area (TPSA) is 47.3 Å². The fourth-order valence-electron chi connectivity index (χ4n) is 2.79. The van der Waals surface area contributed by atoms with Gasteiger partial charge in [-0.05, 0) is 34.8 Å². The van der Waals surface area contributed by atoms with Crippen molar-refractivity contribution in [2.75, 3.05) is 0 Å². The van der Waals surface area contributed by atoms with Crippen molar-refractivity contribution in [3.63, 3.8) is 0 Å². The van der Waals surface area contributed by atoms with Gasteiger partial charge >= 0.3 is 0 Å². The van der Waals surface area contributed by atoms with E-state index in [1.165, 1.54) is 21.4 Å². The maximum absolute atomic E-state index is 12.6. The third-order valence-electron chi connectivity index (χ3n) is 4.36. The number of hydrogen-bond donors (Lipinski definition) is 0. The van der Waals surface area contributed by atoms with Crippen LogP contribution in [0.2, 0.25) is 5.02 Å². The lowest BCUT2D eigenvalue weighted by atomic mass is 9.87. The fraction of sp³-hybridized carbons (Fsp3) is 0.190. The molecule has 0 saturated carbocycles. The molecule has 0 spiro atoms. The molecular formula is C21H18ClN3OS. The van der Waals surface area contributed by atoms with E-state index < -0.39 is 0 Å². The Labute approximate surface area is 165 Å². The van der Waals surface area contributed by atoms with Gasteiger partial charge in [0.15, 0.2) is 5.82 Å². The summed E-state index contributed by atoms with van der Waals surface area (Å²) in [5.74, 6) is 0.567. The monoisotopic (exact) mass is 395 g/mol. The predicted molar refractivity (Wildman–Crippen MR) is 112 cm³/mol. The van der Waals surface area contributed by atoms with Crippen LogP contribution < -0.4 is 10.1 Å². The summed E-state index contributed by atoms with van der Waals surface area (Å²) >= 11 is 7.24. The zero-order valence-electron chi connectivity index (χ0n) is 15.2. The highest BCUT2D eigenvalue weighted by Gasteiger charge is 2.15. The number of nitrogens with zero attached hydrogens (tertiary/aromatic N) is 3. The van der Waals surface area contributed by atoms with E-state index in [4.69, 9.17) is 11.6 Å². The standard InChI is InChI=1S/C21H18ClN3OS/c1-21(2,3)15-8-6-14(7-9-15)18-23-20-25(24-18)19(26)17(27-20)12-13-4-10-16(22)11-5-13/h4-12H,1-3H3/b17-12-. The smallest absolute Gasteiger partial charge is 0.266 e. The lowest BCUT2D eigenvalue weighted by molar-refractivity contribution is 0.590. The van der Waals surface area contributed by atoms with Crippen molar-refractivity contribution in [3.8, 4) is 11.4 Å². The molecule has 0 aliphatic carbocycles. The lowest BCUT2D eigenvalue weighted by Crippen LogP contribution is -2.23. The molecule has 27 heavy (non-hydrogen) atoms. The van der Waals surface area contributed by atoms with Gasteiger partial charge in [-0.15, -0.1) is 5.10 Å².